The van der Waals surface area contributed by atoms with Crippen LogP contribution >= 0.6 is 27.5 Å². The van der Waals surface area contributed by atoms with Gasteiger partial charge in [0.15, 0.2) is 0 Å². The van der Waals surface area contributed by atoms with E-state index in [-0.39, 0.29) is 6.03 Å². The topological polar surface area (TPSA) is 41.1 Å². The van der Waals surface area contributed by atoms with E-state index in [9.17, 15) is 4.79 Å². The summed E-state index contributed by atoms with van der Waals surface area (Å²) in [5.74, 6) is 0.410. The summed E-state index contributed by atoms with van der Waals surface area (Å²) < 4.78 is 0.976. The molecule has 0 aliphatic carbocycles. The minimum absolute atomic E-state index is 0.243. The van der Waals surface area contributed by atoms with Gasteiger partial charge in [0.25, 0.3) is 0 Å². The Labute approximate surface area is 96.0 Å². The molecule has 0 atom stereocenters. The van der Waals surface area contributed by atoms with E-state index in [0.717, 1.165) is 10.2 Å². The van der Waals surface area contributed by atoms with Crippen molar-refractivity contribution >= 4 is 39.2 Å². The fourth-order valence-corrected chi connectivity index (χ4v) is 1.23. The molecule has 1 aromatic carbocycles. The Hall–Kier alpha value is -0.740. The fraction of sp³-hybridized carbons (Fsp3) is 0.222. The van der Waals surface area contributed by atoms with Gasteiger partial charge in [0, 0.05) is 22.6 Å². The Kier molecular flexibility index (Phi) is 4.76. The smallest absolute Gasteiger partial charge is 0.319 e. The molecule has 14 heavy (non-hydrogen) atoms. The molecular weight excluding hydrogens is 267 g/mol. The Bertz CT molecular complexity index is 302. The van der Waals surface area contributed by atoms with Gasteiger partial charge in [0.1, 0.15) is 0 Å². The first-order valence-electron chi connectivity index (χ1n) is 4.09. The number of rotatable bonds is 3. The van der Waals surface area contributed by atoms with Gasteiger partial charge in [-0.2, -0.15) is 0 Å². The molecule has 1 aromatic rings. The van der Waals surface area contributed by atoms with Gasteiger partial charge in [0.05, 0.1) is 0 Å². The lowest BCUT2D eigenvalue weighted by atomic mass is 10.3. The van der Waals surface area contributed by atoms with Gasteiger partial charge >= 0.3 is 6.03 Å². The number of halogens is 2. The Balaban J connectivity index is 2.44. The van der Waals surface area contributed by atoms with Crippen LogP contribution in [0.15, 0.2) is 28.7 Å². The summed E-state index contributed by atoms with van der Waals surface area (Å²) in [6.45, 7) is 0.462. The number of hydrogen-bond donors (Lipinski definition) is 2. The Morgan fingerprint density at radius 3 is 2.57 bits per heavy atom. The first kappa shape index (κ1) is 11.3. The highest BCUT2D eigenvalue weighted by Crippen LogP contribution is 2.13. The molecule has 0 bridgehead atoms. The Morgan fingerprint density at radius 2 is 2.00 bits per heavy atom. The van der Waals surface area contributed by atoms with Crippen molar-refractivity contribution in [2.75, 3.05) is 17.7 Å². The van der Waals surface area contributed by atoms with Crippen molar-refractivity contribution in [3.63, 3.8) is 0 Å². The molecule has 0 aliphatic heterocycles. The van der Waals surface area contributed by atoms with Crippen LogP contribution in [-0.2, 0) is 0 Å². The molecule has 0 aromatic heterocycles. The van der Waals surface area contributed by atoms with Crippen LogP contribution in [0.5, 0.6) is 0 Å². The maximum atomic E-state index is 11.2. The van der Waals surface area contributed by atoms with Gasteiger partial charge in [-0.3, -0.25) is 0 Å². The number of hydrogen-bond acceptors (Lipinski definition) is 1. The molecule has 3 nitrogen and oxygen atoms in total. The van der Waals surface area contributed by atoms with Gasteiger partial charge in [-0.1, -0.05) is 15.9 Å². The predicted molar refractivity (Wildman–Crippen MR) is 61.9 cm³/mol. The lowest BCUT2D eigenvalue weighted by molar-refractivity contribution is 0.252. The van der Waals surface area contributed by atoms with Crippen molar-refractivity contribution in [1.29, 1.82) is 0 Å². The largest absolute Gasteiger partial charge is 0.337 e. The molecule has 0 fully saturated rings. The Morgan fingerprint density at radius 1 is 1.36 bits per heavy atom. The molecule has 0 heterocycles. The summed E-state index contributed by atoms with van der Waals surface area (Å²) in [6.07, 6.45) is 0. The first-order valence-corrected chi connectivity index (χ1v) is 5.41. The highest BCUT2D eigenvalue weighted by atomic mass is 79.9. The molecule has 0 unspecified atom stereocenters. The van der Waals surface area contributed by atoms with Gasteiger partial charge in [0.2, 0.25) is 0 Å². The molecule has 0 saturated carbocycles. The van der Waals surface area contributed by atoms with E-state index in [2.05, 4.69) is 26.6 Å². The van der Waals surface area contributed by atoms with Gasteiger partial charge in [-0.25, -0.2) is 4.79 Å². The lowest BCUT2D eigenvalue weighted by Gasteiger charge is -2.05. The SMILES string of the molecule is O=C(NCCCl)Nc1ccc(Br)cc1. The number of urea groups is 1. The third-order valence-electron chi connectivity index (χ3n) is 1.48. The van der Waals surface area contributed by atoms with E-state index in [1.165, 1.54) is 0 Å². The summed E-state index contributed by atoms with van der Waals surface area (Å²) >= 11 is 8.73. The minimum atomic E-state index is -0.243. The molecule has 2 N–H and O–H groups in total. The molecule has 0 saturated heterocycles. The zero-order valence-electron chi connectivity index (χ0n) is 7.39. The van der Waals surface area contributed by atoms with E-state index >= 15 is 0 Å². The monoisotopic (exact) mass is 276 g/mol. The van der Waals surface area contributed by atoms with E-state index in [4.69, 9.17) is 11.6 Å². The van der Waals surface area contributed by atoms with Crippen LogP contribution in [0.3, 0.4) is 0 Å². The molecule has 5 heteroatoms. The lowest BCUT2D eigenvalue weighted by Crippen LogP contribution is -2.30. The van der Waals surface area contributed by atoms with E-state index in [0.29, 0.717) is 12.4 Å². The number of carbonyl (C=O) groups excluding carboxylic acids is 1. The summed E-state index contributed by atoms with van der Waals surface area (Å²) in [4.78, 5) is 11.2. The number of alkyl halides is 1. The molecule has 1 rings (SSSR count). The van der Waals surface area contributed by atoms with Crippen molar-refractivity contribution < 1.29 is 4.79 Å². The van der Waals surface area contributed by atoms with Crippen LogP contribution in [0.4, 0.5) is 10.5 Å². The fourth-order valence-electron chi connectivity index (χ4n) is 0.869. The van der Waals surface area contributed by atoms with Crippen molar-refractivity contribution in [3.05, 3.63) is 28.7 Å². The second-order valence-electron chi connectivity index (χ2n) is 2.58. The molecule has 0 aliphatic rings. The number of nitrogens with one attached hydrogen (secondary N) is 2. The first-order chi connectivity index (χ1) is 6.72. The third kappa shape index (κ3) is 3.98. The van der Waals surface area contributed by atoms with Crippen molar-refractivity contribution in [3.8, 4) is 0 Å². The highest BCUT2D eigenvalue weighted by Gasteiger charge is 1.99. The van der Waals surface area contributed by atoms with Crippen LogP contribution in [0, 0.1) is 0 Å². The zero-order valence-corrected chi connectivity index (χ0v) is 9.73. The van der Waals surface area contributed by atoms with Gasteiger partial charge in [-0.05, 0) is 24.3 Å². The van der Waals surface area contributed by atoms with Crippen LogP contribution < -0.4 is 10.6 Å². The van der Waals surface area contributed by atoms with Crippen LogP contribution in [0.1, 0.15) is 0 Å². The summed E-state index contributed by atoms with van der Waals surface area (Å²) in [6, 6.07) is 7.09. The van der Waals surface area contributed by atoms with Crippen molar-refractivity contribution in [2.45, 2.75) is 0 Å². The van der Waals surface area contributed by atoms with Crippen LogP contribution in [0.2, 0.25) is 0 Å². The molecule has 2 amide bonds. The van der Waals surface area contributed by atoms with Gasteiger partial charge in [-0.15, -0.1) is 11.6 Å². The average molecular weight is 278 g/mol. The number of benzene rings is 1. The average Bonchev–Trinajstić information content (AvgIpc) is 2.18. The summed E-state index contributed by atoms with van der Waals surface area (Å²) in [5, 5.41) is 5.28. The van der Waals surface area contributed by atoms with Gasteiger partial charge < -0.3 is 10.6 Å². The van der Waals surface area contributed by atoms with E-state index < -0.39 is 0 Å². The molecule has 0 radical (unpaired) electrons. The maximum Gasteiger partial charge on any atom is 0.319 e. The quantitative estimate of drug-likeness (QED) is 0.820. The second-order valence-corrected chi connectivity index (χ2v) is 3.87. The summed E-state index contributed by atoms with van der Waals surface area (Å²) in [5.41, 5.74) is 0.750. The zero-order chi connectivity index (χ0) is 10.4. The van der Waals surface area contributed by atoms with Crippen LogP contribution in [-0.4, -0.2) is 18.5 Å². The minimum Gasteiger partial charge on any atom is -0.337 e. The molecule has 76 valence electrons. The van der Waals surface area contributed by atoms with Crippen molar-refractivity contribution in [2.24, 2.45) is 0 Å². The maximum absolute atomic E-state index is 11.2. The summed E-state index contributed by atoms with van der Waals surface area (Å²) in [7, 11) is 0. The molecule has 0 spiro atoms. The number of amides is 2. The highest BCUT2D eigenvalue weighted by molar-refractivity contribution is 9.10. The molecular formula is C9H10BrClN2O. The standard InChI is InChI=1S/C9H10BrClN2O/c10-7-1-3-8(4-2-7)13-9(14)12-6-5-11/h1-4H,5-6H2,(H2,12,13,14). The number of anilines is 1. The second kappa shape index (κ2) is 5.88. The van der Waals surface area contributed by atoms with E-state index in [1.54, 1.807) is 0 Å². The van der Waals surface area contributed by atoms with E-state index in [1.807, 2.05) is 24.3 Å². The predicted octanol–water partition coefficient (Wildman–Crippen LogP) is 2.81. The third-order valence-corrected chi connectivity index (χ3v) is 2.20. The normalized spacial score (nSPS) is 9.57. The van der Waals surface area contributed by atoms with Crippen LogP contribution in [0.25, 0.3) is 0 Å². The number of carbonyl (C=O) groups is 1. The van der Waals surface area contributed by atoms with Crippen molar-refractivity contribution in [1.82, 2.24) is 5.32 Å².